The Morgan fingerprint density at radius 1 is 1.39 bits per heavy atom. The maximum Gasteiger partial charge on any atom is 0.411 e. The van der Waals surface area contributed by atoms with Crippen molar-refractivity contribution in [3.05, 3.63) is 0 Å². The van der Waals surface area contributed by atoms with Gasteiger partial charge in [0.05, 0.1) is 12.7 Å². The van der Waals surface area contributed by atoms with E-state index in [-0.39, 0.29) is 12.7 Å². The monoisotopic (exact) mass is 269 g/mol. The number of hydrogen-bond acceptors (Lipinski definition) is 3. The summed E-state index contributed by atoms with van der Waals surface area (Å²) in [5, 5.41) is 3.22. The minimum absolute atomic E-state index is 0.0865. The highest BCUT2D eigenvalue weighted by Crippen LogP contribution is 2.20. The van der Waals surface area contributed by atoms with Gasteiger partial charge in [-0.25, -0.2) is 0 Å². The number of halogens is 3. The van der Waals surface area contributed by atoms with Gasteiger partial charge in [-0.1, -0.05) is 13.8 Å². The van der Waals surface area contributed by atoms with E-state index in [2.05, 4.69) is 23.9 Å². The van der Waals surface area contributed by atoms with Crippen LogP contribution in [0.25, 0.3) is 0 Å². The van der Waals surface area contributed by atoms with Gasteiger partial charge in [-0.15, -0.1) is 0 Å². The average Bonchev–Trinajstić information content (AvgIpc) is 2.27. The van der Waals surface area contributed by atoms with E-state index in [9.17, 15) is 13.2 Å². The molecule has 1 N–H and O–H groups in total. The smallest absolute Gasteiger partial charge is 0.378 e. The lowest BCUT2D eigenvalue weighted by Gasteiger charge is -2.32. The highest BCUT2D eigenvalue weighted by Gasteiger charge is 2.27. The molecular weight excluding hydrogens is 247 g/mol. The van der Waals surface area contributed by atoms with Crippen molar-refractivity contribution in [1.82, 2.24) is 5.32 Å². The Bertz CT molecular complexity index is 234. The summed E-state index contributed by atoms with van der Waals surface area (Å²) in [5.74, 6) is 0.469. The first-order valence-corrected chi connectivity index (χ1v) is 6.38. The largest absolute Gasteiger partial charge is 0.411 e. The number of hydrogen-bond donors (Lipinski definition) is 1. The molecule has 2 unspecified atom stereocenters. The van der Waals surface area contributed by atoms with Crippen LogP contribution in [0.15, 0.2) is 0 Å². The van der Waals surface area contributed by atoms with Crippen molar-refractivity contribution < 1.29 is 22.6 Å². The Morgan fingerprint density at radius 2 is 2.11 bits per heavy atom. The van der Waals surface area contributed by atoms with E-state index in [1.807, 2.05) is 0 Å². The molecule has 1 fully saturated rings. The fourth-order valence-corrected chi connectivity index (χ4v) is 2.00. The summed E-state index contributed by atoms with van der Waals surface area (Å²) in [4.78, 5) is 0. The third-order valence-corrected chi connectivity index (χ3v) is 3.00. The average molecular weight is 269 g/mol. The lowest BCUT2D eigenvalue weighted by atomic mass is 9.95. The molecule has 0 aromatic carbocycles. The molecule has 0 aromatic heterocycles. The molecule has 2 atom stereocenters. The van der Waals surface area contributed by atoms with Gasteiger partial charge < -0.3 is 14.8 Å². The predicted molar refractivity (Wildman–Crippen MR) is 62.5 cm³/mol. The fourth-order valence-electron chi connectivity index (χ4n) is 2.00. The van der Waals surface area contributed by atoms with E-state index in [1.54, 1.807) is 0 Å². The lowest BCUT2D eigenvalue weighted by molar-refractivity contribution is -0.173. The van der Waals surface area contributed by atoms with Crippen LogP contribution in [0, 0.1) is 5.92 Å². The summed E-state index contributed by atoms with van der Waals surface area (Å²) >= 11 is 0. The third-order valence-electron chi connectivity index (χ3n) is 3.00. The van der Waals surface area contributed by atoms with Crippen molar-refractivity contribution in [1.29, 1.82) is 0 Å². The van der Waals surface area contributed by atoms with E-state index < -0.39 is 12.8 Å². The van der Waals surface area contributed by atoms with E-state index in [0.717, 1.165) is 12.8 Å². The zero-order valence-corrected chi connectivity index (χ0v) is 10.9. The molecule has 0 saturated carbocycles. The maximum atomic E-state index is 11.8. The molecule has 0 radical (unpaired) electrons. The summed E-state index contributed by atoms with van der Waals surface area (Å²) in [7, 11) is 0. The van der Waals surface area contributed by atoms with Crippen LogP contribution < -0.4 is 5.32 Å². The quantitative estimate of drug-likeness (QED) is 0.751. The number of nitrogens with one attached hydrogen (secondary N) is 1. The predicted octanol–water partition coefficient (Wildman–Crippen LogP) is 2.36. The number of ether oxygens (including phenoxy) is 2. The maximum absolute atomic E-state index is 11.8. The Hall–Kier alpha value is -0.330. The minimum atomic E-state index is -4.23. The van der Waals surface area contributed by atoms with Gasteiger partial charge in [0.15, 0.2) is 0 Å². The molecule has 1 heterocycles. The minimum Gasteiger partial charge on any atom is -0.378 e. The van der Waals surface area contributed by atoms with Crippen molar-refractivity contribution >= 4 is 0 Å². The van der Waals surface area contributed by atoms with E-state index in [1.165, 1.54) is 0 Å². The molecule has 0 bridgehead atoms. The lowest BCUT2D eigenvalue weighted by Crippen LogP contribution is -2.42. The van der Waals surface area contributed by atoms with Gasteiger partial charge in [0.25, 0.3) is 0 Å². The topological polar surface area (TPSA) is 30.5 Å². The molecule has 3 nitrogen and oxygen atoms in total. The normalized spacial score (nSPS) is 25.7. The van der Waals surface area contributed by atoms with Crippen LogP contribution in [-0.2, 0) is 9.47 Å². The molecule has 0 amide bonds. The molecule has 18 heavy (non-hydrogen) atoms. The zero-order valence-electron chi connectivity index (χ0n) is 10.9. The third kappa shape index (κ3) is 6.56. The van der Waals surface area contributed by atoms with Gasteiger partial charge in [0.2, 0.25) is 0 Å². The molecular formula is C12H22F3NO2. The SMILES string of the molecule is CC(C)C1CC(NCCOCC(F)(F)F)CCO1. The second-order valence-corrected chi connectivity index (χ2v) is 5.00. The molecule has 6 heteroatoms. The van der Waals surface area contributed by atoms with Gasteiger partial charge in [-0.3, -0.25) is 0 Å². The number of alkyl halides is 3. The molecule has 1 saturated heterocycles. The molecule has 108 valence electrons. The number of rotatable bonds is 6. The Morgan fingerprint density at radius 3 is 2.72 bits per heavy atom. The van der Waals surface area contributed by atoms with E-state index in [0.29, 0.717) is 25.1 Å². The highest BCUT2D eigenvalue weighted by molar-refractivity contribution is 4.78. The molecule has 1 rings (SSSR count). The van der Waals surface area contributed by atoms with E-state index in [4.69, 9.17) is 4.74 Å². The molecule has 1 aliphatic heterocycles. The first-order valence-electron chi connectivity index (χ1n) is 6.38. The summed E-state index contributed by atoms with van der Waals surface area (Å²) < 4.78 is 45.6. The van der Waals surface area contributed by atoms with Gasteiger partial charge >= 0.3 is 6.18 Å². The fraction of sp³-hybridized carbons (Fsp3) is 1.00. The molecule has 0 aromatic rings. The molecule has 1 aliphatic rings. The summed E-state index contributed by atoms with van der Waals surface area (Å²) in [6, 6.07) is 0.320. The van der Waals surface area contributed by atoms with Gasteiger partial charge in [0.1, 0.15) is 6.61 Å². The van der Waals surface area contributed by atoms with Crippen LogP contribution >= 0.6 is 0 Å². The summed E-state index contributed by atoms with van der Waals surface area (Å²) in [5.41, 5.74) is 0. The van der Waals surface area contributed by atoms with Crippen LogP contribution in [0.3, 0.4) is 0 Å². The van der Waals surface area contributed by atoms with E-state index >= 15 is 0 Å². The van der Waals surface area contributed by atoms with Crippen LogP contribution in [0.2, 0.25) is 0 Å². The van der Waals surface area contributed by atoms with Crippen LogP contribution in [0.1, 0.15) is 26.7 Å². The van der Waals surface area contributed by atoms with Crippen molar-refractivity contribution in [2.75, 3.05) is 26.4 Å². The first kappa shape index (κ1) is 15.7. The molecule has 0 spiro atoms. The Kier molecular flexibility index (Phi) is 6.38. The zero-order chi connectivity index (χ0) is 13.6. The van der Waals surface area contributed by atoms with Crippen LogP contribution in [-0.4, -0.2) is 44.7 Å². The van der Waals surface area contributed by atoms with Crippen LogP contribution in [0.4, 0.5) is 13.2 Å². The van der Waals surface area contributed by atoms with Crippen molar-refractivity contribution in [2.45, 2.75) is 45.0 Å². The standard InChI is InChI=1S/C12H22F3NO2/c1-9(2)11-7-10(3-5-18-11)16-4-6-17-8-12(13,14)15/h9-11,16H,3-8H2,1-2H3. The van der Waals surface area contributed by atoms with Crippen molar-refractivity contribution in [3.63, 3.8) is 0 Å². The molecule has 0 aliphatic carbocycles. The first-order chi connectivity index (χ1) is 8.38. The van der Waals surface area contributed by atoms with Gasteiger partial charge in [-0.05, 0) is 18.8 Å². The Labute approximate surface area is 106 Å². The van der Waals surface area contributed by atoms with Gasteiger partial charge in [0, 0.05) is 19.2 Å². The Balaban J connectivity index is 2.08. The van der Waals surface area contributed by atoms with Gasteiger partial charge in [-0.2, -0.15) is 13.2 Å². The summed E-state index contributed by atoms with van der Waals surface area (Å²) in [6.07, 6.45) is -2.17. The highest BCUT2D eigenvalue weighted by atomic mass is 19.4. The van der Waals surface area contributed by atoms with Crippen molar-refractivity contribution in [3.8, 4) is 0 Å². The van der Waals surface area contributed by atoms with Crippen molar-refractivity contribution in [2.24, 2.45) is 5.92 Å². The second-order valence-electron chi connectivity index (χ2n) is 5.00. The summed E-state index contributed by atoms with van der Waals surface area (Å²) in [6.45, 7) is 4.30. The van der Waals surface area contributed by atoms with Crippen LogP contribution in [0.5, 0.6) is 0 Å². The second kappa shape index (κ2) is 7.31.